The van der Waals surface area contributed by atoms with E-state index in [4.69, 9.17) is 0 Å². The number of halogens is 2. The maximum absolute atomic E-state index is 4.48. The Labute approximate surface area is 154 Å². The molecule has 1 atom stereocenters. The van der Waals surface area contributed by atoms with Gasteiger partial charge in [0.25, 0.3) is 0 Å². The zero-order valence-corrected chi connectivity index (χ0v) is 14.8. The first-order valence-corrected chi connectivity index (χ1v) is 7.76. The second-order valence-corrected chi connectivity index (χ2v) is 5.75. The van der Waals surface area contributed by atoms with Crippen molar-refractivity contribution in [1.29, 1.82) is 0 Å². The Morgan fingerprint density at radius 2 is 1.50 bits per heavy atom. The summed E-state index contributed by atoms with van der Waals surface area (Å²) in [7, 11) is 0. The van der Waals surface area contributed by atoms with Crippen molar-refractivity contribution < 1.29 is 0 Å². The molecule has 4 rings (SSSR count). The van der Waals surface area contributed by atoms with Crippen LogP contribution in [0.5, 0.6) is 0 Å². The van der Waals surface area contributed by atoms with E-state index in [1.807, 2.05) is 6.20 Å². The third-order valence-corrected chi connectivity index (χ3v) is 4.44. The van der Waals surface area contributed by atoms with Gasteiger partial charge < -0.3 is 9.88 Å². The van der Waals surface area contributed by atoms with Crippen molar-refractivity contribution in [2.75, 3.05) is 6.54 Å². The number of fused-ring (bicyclic) bond motifs is 1. The van der Waals surface area contributed by atoms with E-state index in [2.05, 4.69) is 81.7 Å². The Morgan fingerprint density at radius 3 is 2.08 bits per heavy atom. The monoisotopic (exact) mass is 361 g/mol. The molecule has 0 saturated carbocycles. The molecule has 126 valence electrons. The minimum Gasteiger partial charge on any atom is -0.329 e. The van der Waals surface area contributed by atoms with Gasteiger partial charge in [-0.25, -0.2) is 4.98 Å². The van der Waals surface area contributed by atoms with Crippen LogP contribution in [0.3, 0.4) is 0 Å². The molecule has 24 heavy (non-hydrogen) atoms. The highest BCUT2D eigenvalue weighted by Crippen LogP contribution is 2.36. The third-order valence-electron chi connectivity index (χ3n) is 4.44. The first-order chi connectivity index (χ1) is 10.9. The molecule has 0 aliphatic carbocycles. The number of hydrogen-bond donors (Lipinski definition) is 1. The first-order valence-electron chi connectivity index (χ1n) is 7.76. The fourth-order valence-corrected chi connectivity index (χ4v) is 3.45. The Kier molecular flexibility index (Phi) is 6.44. The topological polar surface area (TPSA) is 29.9 Å². The average Bonchev–Trinajstić information content (AvgIpc) is 3.07. The largest absolute Gasteiger partial charge is 0.329 e. The van der Waals surface area contributed by atoms with Gasteiger partial charge in [0, 0.05) is 24.9 Å². The average molecular weight is 362 g/mol. The second-order valence-electron chi connectivity index (χ2n) is 5.75. The van der Waals surface area contributed by atoms with Crippen LogP contribution in [-0.4, -0.2) is 16.1 Å². The number of aromatic nitrogens is 2. The number of imidazole rings is 1. The standard InChI is InChI=1S/C19H19N3.2ClH/c1-3-7-15(8-4-1)19(16-9-5-2-6-10-16)17-13-20-14-18-21-11-12-22(17)18;;/h1-12,17,19-20H,13-14H2;2*1H. The van der Waals surface area contributed by atoms with Crippen molar-refractivity contribution in [1.82, 2.24) is 14.9 Å². The summed E-state index contributed by atoms with van der Waals surface area (Å²) in [6.07, 6.45) is 4.02. The molecule has 0 saturated heterocycles. The van der Waals surface area contributed by atoms with Crippen molar-refractivity contribution >= 4 is 24.8 Å². The van der Waals surface area contributed by atoms with Crippen LogP contribution in [0.25, 0.3) is 0 Å². The van der Waals surface area contributed by atoms with E-state index in [9.17, 15) is 0 Å². The molecule has 2 aromatic carbocycles. The quantitative estimate of drug-likeness (QED) is 0.757. The van der Waals surface area contributed by atoms with Crippen LogP contribution in [0.2, 0.25) is 0 Å². The van der Waals surface area contributed by atoms with E-state index in [-0.39, 0.29) is 24.8 Å². The minimum absolute atomic E-state index is 0. The highest BCUT2D eigenvalue weighted by Gasteiger charge is 2.29. The van der Waals surface area contributed by atoms with Gasteiger partial charge in [0.05, 0.1) is 12.6 Å². The Balaban J connectivity index is 0.00000104. The molecule has 1 aliphatic heterocycles. The summed E-state index contributed by atoms with van der Waals surface area (Å²) in [4.78, 5) is 4.48. The van der Waals surface area contributed by atoms with E-state index in [0.29, 0.717) is 12.0 Å². The fourth-order valence-electron chi connectivity index (χ4n) is 3.45. The van der Waals surface area contributed by atoms with Crippen molar-refractivity contribution in [3.63, 3.8) is 0 Å². The van der Waals surface area contributed by atoms with Gasteiger partial charge >= 0.3 is 0 Å². The van der Waals surface area contributed by atoms with Crippen LogP contribution in [0.15, 0.2) is 73.1 Å². The van der Waals surface area contributed by atoms with Gasteiger partial charge in [-0.1, -0.05) is 60.7 Å². The van der Waals surface area contributed by atoms with Gasteiger partial charge in [0.15, 0.2) is 0 Å². The zero-order chi connectivity index (χ0) is 14.8. The Morgan fingerprint density at radius 1 is 0.917 bits per heavy atom. The molecule has 0 radical (unpaired) electrons. The van der Waals surface area contributed by atoms with Crippen molar-refractivity contribution in [3.05, 3.63) is 90.0 Å². The van der Waals surface area contributed by atoms with E-state index in [1.54, 1.807) is 0 Å². The smallest absolute Gasteiger partial charge is 0.122 e. The molecule has 0 fully saturated rings. The predicted molar refractivity (Wildman–Crippen MR) is 102 cm³/mol. The Bertz CT molecular complexity index is 704. The van der Waals surface area contributed by atoms with Crippen molar-refractivity contribution in [3.8, 4) is 0 Å². The van der Waals surface area contributed by atoms with Gasteiger partial charge in [-0.3, -0.25) is 0 Å². The molecule has 1 aromatic heterocycles. The second kappa shape index (κ2) is 8.34. The molecule has 1 aliphatic rings. The molecular weight excluding hydrogens is 341 g/mol. The molecule has 2 heterocycles. The van der Waals surface area contributed by atoms with E-state index in [0.717, 1.165) is 18.9 Å². The van der Waals surface area contributed by atoms with E-state index < -0.39 is 0 Å². The van der Waals surface area contributed by atoms with Gasteiger partial charge in [-0.15, -0.1) is 24.8 Å². The van der Waals surface area contributed by atoms with Crippen LogP contribution in [-0.2, 0) is 6.54 Å². The molecule has 1 N–H and O–H groups in total. The highest BCUT2D eigenvalue weighted by atomic mass is 35.5. The maximum Gasteiger partial charge on any atom is 0.122 e. The lowest BCUT2D eigenvalue weighted by Gasteiger charge is -2.33. The molecule has 1 unspecified atom stereocenters. The van der Waals surface area contributed by atoms with Crippen LogP contribution >= 0.6 is 24.8 Å². The molecular formula is C19H21Cl2N3. The number of rotatable bonds is 3. The van der Waals surface area contributed by atoms with Crippen LogP contribution in [0, 0.1) is 0 Å². The van der Waals surface area contributed by atoms with Gasteiger partial charge in [0.1, 0.15) is 5.82 Å². The summed E-state index contributed by atoms with van der Waals surface area (Å²) in [5.41, 5.74) is 2.70. The molecule has 3 aromatic rings. The summed E-state index contributed by atoms with van der Waals surface area (Å²) >= 11 is 0. The van der Waals surface area contributed by atoms with E-state index >= 15 is 0 Å². The molecule has 0 bridgehead atoms. The lowest BCUT2D eigenvalue weighted by atomic mass is 9.84. The van der Waals surface area contributed by atoms with Crippen LogP contribution < -0.4 is 5.32 Å². The SMILES string of the molecule is Cl.Cl.c1ccc(C(c2ccccc2)C2CNCc3nccn32)cc1. The molecule has 5 heteroatoms. The van der Waals surface area contributed by atoms with Gasteiger partial charge in [-0.05, 0) is 11.1 Å². The lowest BCUT2D eigenvalue weighted by molar-refractivity contribution is 0.364. The zero-order valence-electron chi connectivity index (χ0n) is 13.2. The fraction of sp³-hybridized carbons (Fsp3) is 0.211. The highest BCUT2D eigenvalue weighted by molar-refractivity contribution is 5.85. The molecule has 0 amide bonds. The van der Waals surface area contributed by atoms with Crippen molar-refractivity contribution in [2.45, 2.75) is 18.5 Å². The minimum atomic E-state index is 0. The number of nitrogens with one attached hydrogen (secondary N) is 1. The summed E-state index contributed by atoms with van der Waals surface area (Å²) in [5.74, 6) is 1.44. The van der Waals surface area contributed by atoms with E-state index in [1.165, 1.54) is 11.1 Å². The van der Waals surface area contributed by atoms with Crippen LogP contribution in [0.4, 0.5) is 0 Å². The number of hydrogen-bond acceptors (Lipinski definition) is 2. The summed E-state index contributed by atoms with van der Waals surface area (Å²) in [6.45, 7) is 1.80. The summed E-state index contributed by atoms with van der Waals surface area (Å²) in [5, 5.41) is 3.51. The lowest BCUT2D eigenvalue weighted by Crippen LogP contribution is -2.36. The Hall–Kier alpha value is -1.81. The third kappa shape index (κ3) is 3.48. The molecule has 0 spiro atoms. The van der Waals surface area contributed by atoms with Gasteiger partial charge in [0.2, 0.25) is 0 Å². The predicted octanol–water partition coefficient (Wildman–Crippen LogP) is 4.20. The number of nitrogens with zero attached hydrogens (tertiary/aromatic N) is 2. The number of benzene rings is 2. The van der Waals surface area contributed by atoms with Crippen molar-refractivity contribution in [2.24, 2.45) is 0 Å². The summed E-state index contributed by atoms with van der Waals surface area (Å²) < 4.78 is 2.33. The maximum atomic E-state index is 4.48. The normalized spacial score (nSPS) is 16.0. The van der Waals surface area contributed by atoms with Gasteiger partial charge in [-0.2, -0.15) is 0 Å². The first kappa shape index (κ1) is 18.5. The van der Waals surface area contributed by atoms with Crippen LogP contribution in [0.1, 0.15) is 28.9 Å². The summed E-state index contributed by atoms with van der Waals surface area (Å²) in [6, 6.07) is 21.9. The molecule has 3 nitrogen and oxygen atoms in total.